The van der Waals surface area contributed by atoms with Crippen molar-refractivity contribution in [2.24, 2.45) is 0 Å². The lowest BCUT2D eigenvalue weighted by Gasteiger charge is -2.49. The highest BCUT2D eigenvalue weighted by atomic mass is 28.4. The first-order chi connectivity index (χ1) is 27.1. The molecule has 0 heterocycles. The van der Waals surface area contributed by atoms with E-state index in [4.69, 9.17) is 0 Å². The molecule has 0 aliphatic rings. The number of hydrogen-bond acceptors (Lipinski definition) is 3. The lowest BCUT2D eigenvalue weighted by atomic mass is 9.87. The Balaban J connectivity index is 9.61. The number of alkyl halides is 42. The molecule has 0 bridgehead atoms. The van der Waals surface area contributed by atoms with E-state index in [1.54, 1.807) is 0 Å². The molecule has 0 saturated heterocycles. The molecule has 0 N–H and O–H groups in total. The second-order valence-electron chi connectivity index (χ2n) is 11.3. The zero-order chi connectivity index (χ0) is 54.1. The summed E-state index contributed by atoms with van der Waals surface area (Å²) >= 11 is 0. The van der Waals surface area contributed by atoms with Crippen molar-refractivity contribution in [1.29, 1.82) is 0 Å². The Bertz CT molecular complexity index is 1540. The van der Waals surface area contributed by atoms with Crippen LogP contribution >= 0.6 is 0 Å². The zero-order valence-electron chi connectivity index (χ0n) is 27.1. The van der Waals surface area contributed by atoms with Crippen LogP contribution in [0.5, 0.6) is 0 Å². The maximum atomic E-state index is 15.4. The number of halogens is 42. The Morgan fingerprint density at radius 1 is 0.169 bits per heavy atom. The van der Waals surface area contributed by atoms with Crippen LogP contribution in [0.4, 0.5) is 184 Å². The van der Waals surface area contributed by atoms with Gasteiger partial charge in [0.2, 0.25) is 0 Å². The molecule has 46 heteroatoms. The van der Waals surface area contributed by atoms with Crippen LogP contribution in [0.25, 0.3) is 0 Å². The number of rotatable bonds is 15. The molecule has 0 amide bonds. The first kappa shape index (κ1) is 62.2. The predicted molar refractivity (Wildman–Crippen MR) is 107 cm³/mol. The van der Waals surface area contributed by atoms with Crippen molar-refractivity contribution in [2.45, 2.75) is 114 Å². The maximum absolute atomic E-state index is 15.4. The molecule has 0 radical (unpaired) electrons. The molecule has 0 aliphatic heterocycles. The molecule has 0 atom stereocenters. The Kier molecular flexibility index (Phi) is 14.7. The molecule has 0 aromatic heterocycles. The van der Waals surface area contributed by atoms with Crippen LogP contribution in [0.3, 0.4) is 0 Å². The van der Waals surface area contributed by atoms with Gasteiger partial charge in [0.05, 0.1) is 0 Å². The smallest absolute Gasteiger partial charge is 0.322 e. The summed E-state index contributed by atoms with van der Waals surface area (Å²) in [5, 5.41) is 0. The van der Waals surface area contributed by atoms with Crippen LogP contribution in [0.15, 0.2) is 0 Å². The SMILES string of the molecule is FC(F)(F)C(F)(F)C(F)(F)C(F)(F)C(F)(F)C(F)(F)C(F)(F)C(F)(F)C(F)(F)C(F)(F)[Si](OC(F)(C(F)(F)F)C(F)(F)F)(OC(F)(C(F)(F)F)C(F)(F)F)OC(F)(C(F)(F)F)C(F)(F)F. The van der Waals surface area contributed by atoms with Crippen molar-refractivity contribution in [1.82, 2.24) is 0 Å². The zero-order valence-corrected chi connectivity index (χ0v) is 28.1. The quantitative estimate of drug-likeness (QED) is 0.121. The second-order valence-corrected chi connectivity index (χ2v) is 13.7. The van der Waals surface area contributed by atoms with Gasteiger partial charge in [-0.15, -0.1) is 0 Å². The highest BCUT2D eigenvalue weighted by molar-refractivity contribution is 6.64. The van der Waals surface area contributed by atoms with Crippen LogP contribution in [0.2, 0.25) is 0 Å². The first-order valence-electron chi connectivity index (χ1n) is 13.2. The second kappa shape index (κ2) is 15.3. The summed E-state index contributed by atoms with van der Waals surface area (Å²) in [5.41, 5.74) is -11.1. The summed E-state index contributed by atoms with van der Waals surface area (Å²) in [5.74, 6) is -113. The van der Waals surface area contributed by atoms with Crippen LogP contribution in [-0.2, 0) is 13.3 Å². The third-order valence-electron chi connectivity index (χ3n) is 6.91. The molecule has 3 nitrogen and oxygen atoms in total. The molecule has 0 rings (SSSR count). The standard InChI is InChI=1S/C19F42O3Si/c20-1(21,3(24,25)5(28,29)7(32,33)12(39,40)41)2(22,23)4(26,27)6(30,31)8(34,35)19(60,61)65(62-9(36,13(42,43)44)14(45,46)47,63-10(37,15(48,49)50)16(51,52)53)64-11(38,17(54,55)56)18(57,58)59. The molecule has 0 saturated carbocycles. The summed E-state index contributed by atoms with van der Waals surface area (Å²) in [4.78, 5) is 0. The van der Waals surface area contributed by atoms with Crippen molar-refractivity contribution >= 4 is 8.80 Å². The molecule has 0 fully saturated rings. The molecule has 0 spiro atoms. The van der Waals surface area contributed by atoms with E-state index in [2.05, 4.69) is 0 Å². The summed E-state index contributed by atoms with van der Waals surface area (Å²) < 4.78 is 573. The van der Waals surface area contributed by atoms with Crippen molar-refractivity contribution in [3.63, 3.8) is 0 Å². The Morgan fingerprint density at radius 2 is 0.308 bits per heavy atom. The Morgan fingerprint density at radius 3 is 0.446 bits per heavy atom. The molecular formula is C19F42O3Si. The maximum Gasteiger partial charge on any atom is 0.590 e. The molecule has 392 valence electrons. The lowest BCUT2D eigenvalue weighted by Crippen LogP contribution is -2.83. The monoisotopic (exact) mass is 1100 g/mol. The van der Waals surface area contributed by atoms with Crippen LogP contribution in [0.1, 0.15) is 0 Å². The van der Waals surface area contributed by atoms with Gasteiger partial charge in [-0.25, -0.2) is 0 Å². The predicted octanol–water partition coefficient (Wildman–Crippen LogP) is 13.2. The van der Waals surface area contributed by atoms with Gasteiger partial charge in [-0.3, -0.25) is 0 Å². The molecule has 0 aromatic carbocycles. The highest BCUT2D eigenvalue weighted by Gasteiger charge is 3.02. The van der Waals surface area contributed by atoms with E-state index < -0.39 is 123 Å². The van der Waals surface area contributed by atoms with Crippen LogP contribution in [-0.4, -0.2) is 123 Å². The average Bonchev–Trinajstić information content (AvgIpc) is 2.99. The van der Waals surface area contributed by atoms with Gasteiger partial charge in [0.25, 0.3) is 0 Å². The van der Waals surface area contributed by atoms with Crippen molar-refractivity contribution in [3.8, 4) is 0 Å². The summed E-state index contributed by atoms with van der Waals surface area (Å²) in [6.07, 6.45) is -64.9. The van der Waals surface area contributed by atoms with Gasteiger partial charge in [-0.2, -0.15) is 184 Å². The largest absolute Gasteiger partial charge is 0.590 e. The van der Waals surface area contributed by atoms with Crippen molar-refractivity contribution < 1.29 is 198 Å². The van der Waals surface area contributed by atoms with Gasteiger partial charge >= 0.3 is 123 Å². The summed E-state index contributed by atoms with van der Waals surface area (Å²) in [6.45, 7) is 0. The molecule has 65 heavy (non-hydrogen) atoms. The van der Waals surface area contributed by atoms with Gasteiger partial charge in [-0.05, 0) is 0 Å². The fraction of sp³-hybridized carbons (Fsp3) is 1.00. The minimum Gasteiger partial charge on any atom is -0.322 e. The molecular weight excluding hydrogens is 1100 g/mol. The van der Waals surface area contributed by atoms with Gasteiger partial charge in [-0.1, -0.05) is 0 Å². The van der Waals surface area contributed by atoms with E-state index in [-0.39, 0.29) is 0 Å². The Hall–Kier alpha value is -2.84. The van der Waals surface area contributed by atoms with E-state index in [0.717, 1.165) is 0 Å². The average molecular weight is 1100 g/mol. The minimum atomic E-state index is -13.4. The molecule has 0 aromatic rings. The minimum absolute atomic E-state index is 0.652. The molecule has 0 unspecified atom stereocenters. The lowest BCUT2D eigenvalue weighted by molar-refractivity contribution is -0.479. The normalized spacial score (nSPS) is 17.3. The molecule has 0 aliphatic carbocycles. The van der Waals surface area contributed by atoms with E-state index in [9.17, 15) is 176 Å². The van der Waals surface area contributed by atoms with Crippen LogP contribution in [0, 0.1) is 0 Å². The Labute approximate surface area is 321 Å². The summed E-state index contributed by atoms with van der Waals surface area (Å²) in [6, 6.07) is 0. The summed E-state index contributed by atoms with van der Waals surface area (Å²) in [7, 11) is -13.4. The van der Waals surface area contributed by atoms with Gasteiger partial charge in [0.15, 0.2) is 0 Å². The van der Waals surface area contributed by atoms with E-state index >= 15 is 8.78 Å². The van der Waals surface area contributed by atoms with Gasteiger partial charge in [0.1, 0.15) is 0 Å². The fourth-order valence-corrected chi connectivity index (χ4v) is 6.25. The van der Waals surface area contributed by atoms with Gasteiger partial charge < -0.3 is 13.3 Å². The topological polar surface area (TPSA) is 27.7 Å². The van der Waals surface area contributed by atoms with E-state index in [0.29, 0.717) is 13.3 Å². The van der Waals surface area contributed by atoms with Gasteiger partial charge in [0, 0.05) is 0 Å². The third-order valence-corrected chi connectivity index (χ3v) is 9.64. The highest BCUT2D eigenvalue weighted by Crippen LogP contribution is 2.69. The third kappa shape index (κ3) is 8.45. The van der Waals surface area contributed by atoms with E-state index in [1.807, 2.05) is 0 Å². The number of hydrogen-bond donors (Lipinski definition) is 0. The van der Waals surface area contributed by atoms with Crippen molar-refractivity contribution in [2.75, 3.05) is 0 Å². The fourth-order valence-electron chi connectivity index (χ4n) is 3.39. The van der Waals surface area contributed by atoms with E-state index in [1.165, 1.54) is 0 Å². The van der Waals surface area contributed by atoms with Crippen LogP contribution < -0.4 is 0 Å². The first-order valence-corrected chi connectivity index (χ1v) is 14.9. The van der Waals surface area contributed by atoms with Crippen molar-refractivity contribution in [3.05, 3.63) is 0 Å².